The summed E-state index contributed by atoms with van der Waals surface area (Å²) in [5, 5.41) is 4.51. The predicted octanol–water partition coefficient (Wildman–Crippen LogP) is -0.816. The van der Waals surface area contributed by atoms with E-state index in [-0.39, 0.29) is 24.2 Å². The average molecular weight is 356 g/mol. The standard InChI is InChI=1S/C15H25N5O3S/c1-3-23-14(22)11-6-8-19(9-7-11)10-20-15(24)18(2)13(17-20)5-4-12(16)21/h11H,3-10H2,1-2H3,(H2,16,21)/p+1. The van der Waals surface area contributed by atoms with E-state index in [9.17, 15) is 9.59 Å². The fraction of sp³-hybridized carbons (Fsp3) is 0.733. The second kappa shape index (κ2) is 8.39. The SMILES string of the molecule is CCOC(=O)C1CC[NH+](Cn2nc(CCC(N)=O)n(C)c2=S)CC1. The zero-order chi connectivity index (χ0) is 17.7. The molecule has 0 radical (unpaired) electrons. The van der Waals surface area contributed by atoms with Crippen LogP contribution in [0.4, 0.5) is 0 Å². The molecule has 1 fully saturated rings. The van der Waals surface area contributed by atoms with Crippen molar-refractivity contribution < 1.29 is 19.2 Å². The molecule has 0 bridgehead atoms. The molecule has 24 heavy (non-hydrogen) atoms. The molecule has 0 unspecified atom stereocenters. The van der Waals surface area contributed by atoms with E-state index < -0.39 is 0 Å². The molecular weight excluding hydrogens is 330 g/mol. The van der Waals surface area contributed by atoms with Gasteiger partial charge in [0.1, 0.15) is 5.82 Å². The van der Waals surface area contributed by atoms with E-state index in [1.807, 2.05) is 18.5 Å². The van der Waals surface area contributed by atoms with Crippen molar-refractivity contribution in [3.63, 3.8) is 0 Å². The van der Waals surface area contributed by atoms with Gasteiger partial charge in [-0.3, -0.25) is 9.59 Å². The van der Waals surface area contributed by atoms with Crippen LogP contribution in [0, 0.1) is 10.7 Å². The molecule has 0 saturated carbocycles. The summed E-state index contributed by atoms with van der Waals surface area (Å²) in [6.45, 7) is 4.70. The number of carbonyl (C=O) groups excluding carboxylic acids is 2. The number of amides is 1. The van der Waals surface area contributed by atoms with E-state index >= 15 is 0 Å². The lowest BCUT2D eigenvalue weighted by Crippen LogP contribution is -3.12. The van der Waals surface area contributed by atoms with Crippen LogP contribution in [0.5, 0.6) is 0 Å². The molecule has 0 aromatic carbocycles. The van der Waals surface area contributed by atoms with Gasteiger partial charge >= 0.3 is 5.97 Å². The first-order valence-electron chi connectivity index (χ1n) is 8.33. The number of nitrogens with one attached hydrogen (secondary N) is 1. The third kappa shape index (κ3) is 4.64. The average Bonchev–Trinajstić information content (AvgIpc) is 2.82. The lowest BCUT2D eigenvalue weighted by Gasteiger charge is -2.27. The molecule has 2 rings (SSSR count). The van der Waals surface area contributed by atoms with Gasteiger partial charge in [-0.1, -0.05) is 0 Å². The largest absolute Gasteiger partial charge is 0.466 e. The minimum Gasteiger partial charge on any atom is -0.466 e. The summed E-state index contributed by atoms with van der Waals surface area (Å²) in [6.07, 6.45) is 2.39. The van der Waals surface area contributed by atoms with Gasteiger partial charge in [0.2, 0.25) is 10.7 Å². The van der Waals surface area contributed by atoms with Crippen molar-refractivity contribution in [1.29, 1.82) is 0 Å². The molecule has 2 heterocycles. The van der Waals surface area contributed by atoms with E-state index in [0.29, 0.717) is 24.5 Å². The third-order valence-electron chi connectivity index (χ3n) is 4.41. The Balaban J connectivity index is 1.93. The van der Waals surface area contributed by atoms with Crippen molar-refractivity contribution >= 4 is 24.1 Å². The zero-order valence-electron chi connectivity index (χ0n) is 14.3. The normalized spacial score (nSPS) is 20.8. The molecule has 9 heteroatoms. The summed E-state index contributed by atoms with van der Waals surface area (Å²) in [6, 6.07) is 0. The summed E-state index contributed by atoms with van der Waals surface area (Å²) in [7, 11) is 1.85. The molecule has 1 aliphatic heterocycles. The third-order valence-corrected chi connectivity index (χ3v) is 4.90. The minimum absolute atomic E-state index is 0.0107. The zero-order valence-corrected chi connectivity index (χ0v) is 15.1. The Bertz CT molecular complexity index is 646. The maximum atomic E-state index is 11.8. The number of rotatable bonds is 7. The van der Waals surface area contributed by atoms with Crippen molar-refractivity contribution in [1.82, 2.24) is 14.3 Å². The van der Waals surface area contributed by atoms with Gasteiger partial charge in [-0.2, -0.15) is 9.78 Å². The Labute approximate surface area is 146 Å². The summed E-state index contributed by atoms with van der Waals surface area (Å²) >= 11 is 5.42. The summed E-state index contributed by atoms with van der Waals surface area (Å²) in [5.74, 6) is 0.345. The molecule has 0 atom stereocenters. The van der Waals surface area contributed by atoms with E-state index in [1.54, 1.807) is 4.68 Å². The van der Waals surface area contributed by atoms with Crippen LogP contribution in [0.15, 0.2) is 0 Å². The number of nitrogens with two attached hydrogens (primary N) is 1. The first kappa shape index (κ1) is 18.6. The van der Waals surface area contributed by atoms with Gasteiger partial charge in [0.25, 0.3) is 0 Å². The van der Waals surface area contributed by atoms with Gasteiger partial charge in [-0.25, -0.2) is 0 Å². The number of likely N-dealkylation sites (tertiary alicyclic amines) is 1. The van der Waals surface area contributed by atoms with Crippen molar-refractivity contribution in [3.05, 3.63) is 10.6 Å². The number of piperidine rings is 1. The second-order valence-electron chi connectivity index (χ2n) is 6.16. The number of primary amides is 1. The maximum absolute atomic E-state index is 11.8. The monoisotopic (exact) mass is 356 g/mol. The van der Waals surface area contributed by atoms with Crippen molar-refractivity contribution in [3.8, 4) is 0 Å². The second-order valence-corrected chi connectivity index (χ2v) is 6.52. The summed E-state index contributed by atoms with van der Waals surface area (Å²) < 4.78 is 9.35. The number of ether oxygens (including phenoxy) is 1. The molecule has 3 N–H and O–H groups in total. The molecule has 0 spiro atoms. The van der Waals surface area contributed by atoms with Gasteiger partial charge < -0.3 is 19.9 Å². The highest BCUT2D eigenvalue weighted by atomic mass is 32.1. The molecule has 0 aliphatic carbocycles. The van der Waals surface area contributed by atoms with Crippen LogP contribution in [-0.2, 0) is 34.5 Å². The molecule has 1 aromatic heterocycles. The van der Waals surface area contributed by atoms with Crippen LogP contribution < -0.4 is 10.6 Å². The number of nitrogens with zero attached hydrogens (tertiary/aromatic N) is 3. The van der Waals surface area contributed by atoms with Crippen LogP contribution in [0.1, 0.15) is 32.0 Å². The van der Waals surface area contributed by atoms with Crippen molar-refractivity contribution in [2.45, 2.75) is 39.3 Å². The molecule has 1 aliphatic rings. The lowest BCUT2D eigenvalue weighted by atomic mass is 9.97. The van der Waals surface area contributed by atoms with Gasteiger partial charge in [0, 0.05) is 32.7 Å². The van der Waals surface area contributed by atoms with Crippen LogP contribution in [0.2, 0.25) is 0 Å². The highest BCUT2D eigenvalue weighted by Gasteiger charge is 2.28. The highest BCUT2D eigenvalue weighted by molar-refractivity contribution is 7.71. The smallest absolute Gasteiger partial charge is 0.309 e. The minimum atomic E-state index is -0.345. The molecular formula is C15H26N5O3S+. The first-order valence-corrected chi connectivity index (χ1v) is 8.74. The predicted molar refractivity (Wildman–Crippen MR) is 89.6 cm³/mol. The summed E-state index contributed by atoms with van der Waals surface area (Å²) in [4.78, 5) is 24.1. The lowest BCUT2D eigenvalue weighted by molar-refractivity contribution is -0.929. The number of hydrogen-bond donors (Lipinski definition) is 2. The highest BCUT2D eigenvalue weighted by Crippen LogP contribution is 2.11. The Kier molecular flexibility index (Phi) is 6.50. The number of quaternary nitrogens is 1. The Morgan fingerprint density at radius 3 is 2.67 bits per heavy atom. The first-order chi connectivity index (χ1) is 11.4. The van der Waals surface area contributed by atoms with Crippen LogP contribution in [0.3, 0.4) is 0 Å². The molecule has 8 nitrogen and oxygen atoms in total. The van der Waals surface area contributed by atoms with Gasteiger partial charge in [0.05, 0.1) is 25.6 Å². The van der Waals surface area contributed by atoms with Crippen LogP contribution >= 0.6 is 12.2 Å². The van der Waals surface area contributed by atoms with Crippen LogP contribution in [0.25, 0.3) is 0 Å². The molecule has 1 aromatic rings. The van der Waals surface area contributed by atoms with Gasteiger partial charge in [-0.15, -0.1) is 0 Å². The topological polar surface area (TPSA) is 96.6 Å². The molecule has 1 saturated heterocycles. The summed E-state index contributed by atoms with van der Waals surface area (Å²) in [5.41, 5.74) is 5.19. The number of hydrogen-bond acceptors (Lipinski definition) is 5. The Hall–Kier alpha value is -1.74. The van der Waals surface area contributed by atoms with Crippen molar-refractivity contribution in [2.24, 2.45) is 18.7 Å². The number of carbonyl (C=O) groups is 2. The van der Waals surface area contributed by atoms with Gasteiger partial charge in [0.15, 0.2) is 6.67 Å². The fourth-order valence-corrected chi connectivity index (χ4v) is 3.19. The van der Waals surface area contributed by atoms with E-state index in [2.05, 4.69) is 5.10 Å². The Morgan fingerprint density at radius 1 is 1.42 bits per heavy atom. The molecule has 1 amide bonds. The van der Waals surface area contributed by atoms with E-state index in [4.69, 9.17) is 22.7 Å². The fourth-order valence-electron chi connectivity index (χ4n) is 2.98. The number of aromatic nitrogens is 3. The van der Waals surface area contributed by atoms with E-state index in [1.165, 1.54) is 4.90 Å². The number of aryl methyl sites for hydroxylation is 1. The van der Waals surface area contributed by atoms with E-state index in [0.717, 1.165) is 31.8 Å². The molecule has 134 valence electrons. The van der Waals surface area contributed by atoms with Crippen LogP contribution in [-0.4, -0.2) is 45.9 Å². The van der Waals surface area contributed by atoms with Crippen molar-refractivity contribution in [2.75, 3.05) is 19.7 Å². The van der Waals surface area contributed by atoms with Gasteiger partial charge in [-0.05, 0) is 19.1 Å². The number of esters is 1. The Morgan fingerprint density at radius 2 is 2.08 bits per heavy atom. The maximum Gasteiger partial charge on any atom is 0.309 e. The quantitative estimate of drug-likeness (QED) is 0.492.